The van der Waals surface area contributed by atoms with E-state index in [9.17, 15) is 9.59 Å². The Hall–Kier alpha value is -1.92. The molecule has 22 heavy (non-hydrogen) atoms. The van der Waals surface area contributed by atoms with Crippen LogP contribution in [0, 0.1) is 19.8 Å². The minimum Gasteiger partial charge on any atom is -0.345 e. The quantitative estimate of drug-likeness (QED) is 0.799. The number of aromatic nitrogens is 3. The average molecular weight is 305 g/mol. The summed E-state index contributed by atoms with van der Waals surface area (Å²) in [6.07, 6.45) is 2.32. The summed E-state index contributed by atoms with van der Waals surface area (Å²) < 4.78 is 1.95. The van der Waals surface area contributed by atoms with E-state index in [0.717, 1.165) is 31.0 Å². The number of likely N-dealkylation sites (tertiary alicyclic amines) is 2. The first-order valence-corrected chi connectivity index (χ1v) is 7.88. The van der Waals surface area contributed by atoms with Gasteiger partial charge in [0.25, 0.3) is 0 Å². The second-order valence-electron chi connectivity index (χ2n) is 6.41. The fraction of sp³-hybridized carbons (Fsp3) is 0.733. The first-order valence-electron chi connectivity index (χ1n) is 7.88. The van der Waals surface area contributed by atoms with E-state index in [-0.39, 0.29) is 23.8 Å². The summed E-state index contributed by atoms with van der Waals surface area (Å²) in [5.74, 6) is 1.65. The molecule has 3 rings (SSSR count). The number of amides is 2. The first kappa shape index (κ1) is 15.0. The van der Waals surface area contributed by atoms with Crippen molar-refractivity contribution >= 4 is 11.8 Å². The Kier molecular flexibility index (Phi) is 3.88. The smallest absolute Gasteiger partial charge is 0.228 e. The summed E-state index contributed by atoms with van der Waals surface area (Å²) in [4.78, 5) is 32.2. The maximum atomic E-state index is 12.7. The number of hydrogen-bond donors (Lipinski definition) is 0. The number of carbonyl (C=O) groups excluding carboxylic acids is 2. The molecule has 0 saturated carbocycles. The van der Waals surface area contributed by atoms with Crippen LogP contribution < -0.4 is 0 Å². The van der Waals surface area contributed by atoms with Gasteiger partial charge in [-0.1, -0.05) is 0 Å². The summed E-state index contributed by atoms with van der Waals surface area (Å²) in [6.45, 7) is 5.81. The van der Waals surface area contributed by atoms with E-state index in [4.69, 9.17) is 0 Å². The molecule has 1 aromatic rings. The van der Waals surface area contributed by atoms with E-state index in [1.807, 2.05) is 23.4 Å². The van der Waals surface area contributed by atoms with E-state index in [1.54, 1.807) is 11.9 Å². The van der Waals surface area contributed by atoms with Crippen molar-refractivity contribution in [3.63, 3.8) is 0 Å². The van der Waals surface area contributed by atoms with Crippen LogP contribution in [0.5, 0.6) is 0 Å². The van der Waals surface area contributed by atoms with Gasteiger partial charge in [-0.2, -0.15) is 5.10 Å². The van der Waals surface area contributed by atoms with Crippen molar-refractivity contribution in [2.45, 2.75) is 39.2 Å². The van der Waals surface area contributed by atoms with Crippen LogP contribution in [0.1, 0.15) is 37.0 Å². The van der Waals surface area contributed by atoms with Gasteiger partial charge in [-0.25, -0.2) is 9.67 Å². The van der Waals surface area contributed by atoms with Gasteiger partial charge in [0.15, 0.2) is 0 Å². The third-order valence-electron chi connectivity index (χ3n) is 4.65. The Balaban J connectivity index is 1.69. The number of piperidine rings is 1. The molecule has 0 aliphatic carbocycles. The molecule has 2 atom stereocenters. The minimum atomic E-state index is -0.185. The van der Waals surface area contributed by atoms with Crippen molar-refractivity contribution in [3.05, 3.63) is 11.6 Å². The molecule has 7 nitrogen and oxygen atoms in total. The lowest BCUT2D eigenvalue weighted by Crippen LogP contribution is -2.44. The number of rotatable bonds is 2. The second kappa shape index (κ2) is 5.70. The first-order chi connectivity index (χ1) is 10.5. The lowest BCUT2D eigenvalue weighted by atomic mass is 10.0. The summed E-state index contributed by atoms with van der Waals surface area (Å²) in [6, 6.07) is 0.189. The van der Waals surface area contributed by atoms with Gasteiger partial charge >= 0.3 is 0 Å². The van der Waals surface area contributed by atoms with Crippen molar-refractivity contribution in [2.24, 2.45) is 5.92 Å². The maximum absolute atomic E-state index is 12.7. The molecule has 0 N–H and O–H groups in total. The third kappa shape index (κ3) is 2.71. The van der Waals surface area contributed by atoms with Gasteiger partial charge in [0.2, 0.25) is 11.8 Å². The molecule has 7 heteroatoms. The summed E-state index contributed by atoms with van der Waals surface area (Å²) >= 11 is 0. The molecule has 120 valence electrons. The topological polar surface area (TPSA) is 71.3 Å². The Morgan fingerprint density at radius 1 is 1.27 bits per heavy atom. The molecule has 2 amide bonds. The van der Waals surface area contributed by atoms with Gasteiger partial charge < -0.3 is 9.80 Å². The molecule has 1 aromatic heterocycles. The molecule has 0 unspecified atom stereocenters. The highest BCUT2D eigenvalue weighted by Gasteiger charge is 2.36. The molecule has 2 aliphatic rings. The fourth-order valence-corrected chi connectivity index (χ4v) is 3.52. The highest BCUT2D eigenvalue weighted by atomic mass is 16.2. The van der Waals surface area contributed by atoms with Crippen LogP contribution in [-0.2, 0) is 9.59 Å². The van der Waals surface area contributed by atoms with Gasteiger partial charge in [-0.05, 0) is 26.7 Å². The van der Waals surface area contributed by atoms with Crippen LogP contribution in [0.15, 0.2) is 0 Å². The van der Waals surface area contributed by atoms with Crippen molar-refractivity contribution in [3.8, 4) is 0 Å². The van der Waals surface area contributed by atoms with E-state index in [1.165, 1.54) is 0 Å². The molecule has 0 aromatic carbocycles. The summed E-state index contributed by atoms with van der Waals surface area (Å²) in [5, 5.41) is 4.45. The lowest BCUT2D eigenvalue weighted by Gasteiger charge is -2.34. The van der Waals surface area contributed by atoms with Crippen molar-refractivity contribution in [2.75, 3.05) is 26.7 Å². The van der Waals surface area contributed by atoms with Crippen LogP contribution in [0.25, 0.3) is 0 Å². The fourth-order valence-electron chi connectivity index (χ4n) is 3.52. The minimum absolute atomic E-state index is 0.0645. The van der Waals surface area contributed by atoms with Gasteiger partial charge in [-0.15, -0.1) is 0 Å². The van der Waals surface area contributed by atoms with Crippen molar-refractivity contribution in [1.82, 2.24) is 24.6 Å². The summed E-state index contributed by atoms with van der Waals surface area (Å²) in [7, 11) is 1.76. The monoisotopic (exact) mass is 305 g/mol. The van der Waals surface area contributed by atoms with Gasteiger partial charge in [0.1, 0.15) is 11.6 Å². The van der Waals surface area contributed by atoms with E-state index in [2.05, 4.69) is 10.1 Å². The van der Waals surface area contributed by atoms with Crippen molar-refractivity contribution < 1.29 is 9.59 Å². The predicted octanol–water partition coefficient (Wildman–Crippen LogP) is 0.537. The molecule has 0 spiro atoms. The summed E-state index contributed by atoms with van der Waals surface area (Å²) in [5.41, 5.74) is 0. The zero-order chi connectivity index (χ0) is 15.9. The number of aryl methyl sites for hydroxylation is 2. The van der Waals surface area contributed by atoms with Gasteiger partial charge in [0, 0.05) is 33.1 Å². The van der Waals surface area contributed by atoms with E-state index < -0.39 is 0 Å². The maximum Gasteiger partial charge on any atom is 0.228 e. The Morgan fingerprint density at radius 3 is 2.64 bits per heavy atom. The molecular weight excluding hydrogens is 282 g/mol. The van der Waals surface area contributed by atoms with Gasteiger partial charge in [-0.3, -0.25) is 9.59 Å². The molecule has 3 heterocycles. The Labute approximate surface area is 130 Å². The van der Waals surface area contributed by atoms with Gasteiger partial charge in [0.05, 0.1) is 12.0 Å². The third-order valence-corrected chi connectivity index (χ3v) is 4.65. The van der Waals surface area contributed by atoms with Crippen LogP contribution in [0.4, 0.5) is 0 Å². The largest absolute Gasteiger partial charge is 0.345 e. The van der Waals surface area contributed by atoms with Crippen LogP contribution in [0.2, 0.25) is 0 Å². The normalized spacial score (nSPS) is 25.9. The molecule has 2 saturated heterocycles. The van der Waals surface area contributed by atoms with Crippen LogP contribution in [-0.4, -0.2) is 63.1 Å². The predicted molar refractivity (Wildman–Crippen MR) is 80.1 cm³/mol. The number of hydrogen-bond acceptors (Lipinski definition) is 4. The molecule has 0 bridgehead atoms. The molecule has 0 radical (unpaired) electrons. The lowest BCUT2D eigenvalue weighted by molar-refractivity contribution is -0.137. The zero-order valence-corrected chi connectivity index (χ0v) is 13.4. The van der Waals surface area contributed by atoms with E-state index in [0.29, 0.717) is 19.5 Å². The Morgan fingerprint density at radius 2 is 2.05 bits per heavy atom. The molecular formula is C15H23N5O2. The number of nitrogens with zero attached hydrogens (tertiary/aromatic N) is 5. The van der Waals surface area contributed by atoms with Crippen LogP contribution in [0.3, 0.4) is 0 Å². The number of carbonyl (C=O) groups is 2. The van der Waals surface area contributed by atoms with Crippen LogP contribution >= 0.6 is 0 Å². The zero-order valence-electron chi connectivity index (χ0n) is 13.4. The highest BCUT2D eigenvalue weighted by molar-refractivity contribution is 5.89. The highest BCUT2D eigenvalue weighted by Crippen LogP contribution is 2.25. The second-order valence-corrected chi connectivity index (χ2v) is 6.41. The molecule has 2 aliphatic heterocycles. The van der Waals surface area contributed by atoms with Crippen molar-refractivity contribution in [1.29, 1.82) is 0 Å². The standard InChI is InChI=1S/C15H23N5O2/c1-10-16-11(2)20(17-10)13-5-4-6-19(9-13)15(22)12-7-14(21)18(3)8-12/h12-13H,4-9H2,1-3H3/t12-,13+/m1/s1. The average Bonchev–Trinajstić information content (AvgIpc) is 3.00. The Bertz CT molecular complexity index is 597. The SMILES string of the molecule is Cc1nc(C)n([C@H]2CCCN(C(=O)[C@@H]3CC(=O)N(C)C3)C2)n1. The van der Waals surface area contributed by atoms with E-state index >= 15 is 0 Å². The molecule has 2 fully saturated rings.